The van der Waals surface area contributed by atoms with Crippen LogP contribution < -0.4 is 14.8 Å². The first-order valence-corrected chi connectivity index (χ1v) is 11.4. The van der Waals surface area contributed by atoms with Crippen LogP contribution in [0.5, 0.6) is 10.8 Å². The number of ether oxygens (including phenoxy) is 3. The van der Waals surface area contributed by atoms with Gasteiger partial charge in [0, 0.05) is 28.0 Å². The van der Waals surface area contributed by atoms with E-state index in [-0.39, 0.29) is 5.95 Å². The molecule has 0 aliphatic heterocycles. The lowest BCUT2D eigenvalue weighted by Gasteiger charge is -2.21. The van der Waals surface area contributed by atoms with E-state index in [0.29, 0.717) is 16.9 Å². The number of anilines is 1. The number of amides is 1. The first-order valence-electron chi connectivity index (χ1n) is 9.69. The van der Waals surface area contributed by atoms with Crippen molar-refractivity contribution >= 4 is 45.2 Å². The molecule has 0 saturated heterocycles. The van der Waals surface area contributed by atoms with Gasteiger partial charge < -0.3 is 14.2 Å². The van der Waals surface area contributed by atoms with E-state index in [1.807, 2.05) is 12.1 Å². The lowest BCUT2D eigenvalue weighted by Crippen LogP contribution is -2.17. The molecular weight excluding hydrogens is 426 g/mol. The highest BCUT2D eigenvalue weighted by atomic mass is 32.2. The number of benzene rings is 1. The van der Waals surface area contributed by atoms with E-state index in [9.17, 15) is 4.79 Å². The zero-order chi connectivity index (χ0) is 20.9. The molecule has 1 aliphatic rings. The second-order valence-electron chi connectivity index (χ2n) is 6.94. The van der Waals surface area contributed by atoms with Crippen molar-refractivity contribution in [3.8, 4) is 10.8 Å². The lowest BCUT2D eigenvalue weighted by atomic mass is 10.0. The Bertz CT molecular complexity index is 1000. The van der Waals surface area contributed by atoms with Crippen molar-refractivity contribution < 1.29 is 19.0 Å². The molecule has 0 radical (unpaired) electrons. The fraction of sp³-hybridized carbons (Fsp3) is 0.474. The van der Waals surface area contributed by atoms with E-state index in [0.717, 1.165) is 39.1 Å². The maximum atomic E-state index is 12.4. The average Bonchev–Trinajstić information content (AvgIpc) is 3.36. The maximum absolute atomic E-state index is 12.4. The number of thiophene rings is 1. The Kier molecular flexibility index (Phi) is 6.70. The normalized spacial score (nSPS) is 14.7. The van der Waals surface area contributed by atoms with Gasteiger partial charge >= 0.3 is 6.09 Å². The van der Waals surface area contributed by atoms with Crippen LogP contribution in [-0.2, 0) is 11.3 Å². The van der Waals surface area contributed by atoms with E-state index >= 15 is 0 Å². The van der Waals surface area contributed by atoms with Crippen molar-refractivity contribution in [2.45, 2.75) is 48.9 Å². The number of nitrogens with zero attached hydrogens (tertiary/aromatic N) is 3. The van der Waals surface area contributed by atoms with Crippen LogP contribution in [0.15, 0.2) is 17.0 Å². The van der Waals surface area contributed by atoms with Gasteiger partial charge in [-0.05, 0) is 30.2 Å². The number of aromatic amines is 1. The number of hydrogen-bond acceptors (Lipinski definition) is 9. The summed E-state index contributed by atoms with van der Waals surface area (Å²) >= 11 is 3.22. The van der Waals surface area contributed by atoms with Crippen LogP contribution >= 0.6 is 23.1 Å². The molecule has 1 amide bonds. The Morgan fingerprint density at radius 2 is 2.13 bits per heavy atom. The van der Waals surface area contributed by atoms with Crippen molar-refractivity contribution in [2.24, 2.45) is 0 Å². The fourth-order valence-electron chi connectivity index (χ4n) is 3.52. The highest BCUT2D eigenvalue weighted by molar-refractivity contribution is 8.00. The molecule has 11 heteroatoms. The summed E-state index contributed by atoms with van der Waals surface area (Å²) in [4.78, 5) is 13.4. The fourth-order valence-corrected chi connectivity index (χ4v) is 6.18. The minimum absolute atomic E-state index is 0.0617. The van der Waals surface area contributed by atoms with Gasteiger partial charge in [-0.2, -0.15) is 5.21 Å². The second kappa shape index (κ2) is 9.63. The molecule has 0 bridgehead atoms. The summed E-state index contributed by atoms with van der Waals surface area (Å²) in [5, 5.41) is 17.7. The van der Waals surface area contributed by atoms with Crippen LogP contribution in [-0.4, -0.2) is 46.2 Å². The molecule has 2 heterocycles. The number of methoxy groups -OCH3 is 2. The predicted octanol–water partition coefficient (Wildman–Crippen LogP) is 4.61. The van der Waals surface area contributed by atoms with Gasteiger partial charge in [-0.15, -0.1) is 16.9 Å². The summed E-state index contributed by atoms with van der Waals surface area (Å²) < 4.78 is 17.6. The van der Waals surface area contributed by atoms with Crippen LogP contribution in [0.1, 0.15) is 37.7 Å². The number of carbonyl (C=O) groups excluding carboxylic acids is 1. The molecule has 1 saturated carbocycles. The molecule has 4 rings (SSSR count). The quantitative estimate of drug-likeness (QED) is 0.538. The van der Waals surface area contributed by atoms with E-state index in [2.05, 4.69) is 25.9 Å². The summed E-state index contributed by atoms with van der Waals surface area (Å²) in [5.74, 6) is 0.821. The predicted molar refractivity (Wildman–Crippen MR) is 116 cm³/mol. The van der Waals surface area contributed by atoms with Crippen molar-refractivity contribution in [2.75, 3.05) is 19.5 Å². The monoisotopic (exact) mass is 449 g/mol. The molecule has 30 heavy (non-hydrogen) atoms. The summed E-state index contributed by atoms with van der Waals surface area (Å²) in [6, 6.07) is 4.05. The minimum Gasteiger partial charge on any atom is -0.496 e. The minimum atomic E-state index is -0.655. The number of tetrazole rings is 1. The van der Waals surface area contributed by atoms with Crippen LogP contribution in [0.2, 0.25) is 0 Å². The van der Waals surface area contributed by atoms with Crippen LogP contribution in [0.3, 0.4) is 0 Å². The van der Waals surface area contributed by atoms with Gasteiger partial charge in [0.05, 0.1) is 18.6 Å². The Balaban J connectivity index is 1.68. The maximum Gasteiger partial charge on any atom is 0.420 e. The number of H-pyrrole nitrogens is 1. The van der Waals surface area contributed by atoms with Gasteiger partial charge in [0.15, 0.2) is 0 Å². The van der Waals surface area contributed by atoms with Gasteiger partial charge in [-0.3, -0.25) is 5.32 Å². The SMILES string of the molecule is COCc1cc2sc(OC(=O)Nc3nn[nH]n3)c(SC3CCCCC3)c2cc1OC. The smallest absolute Gasteiger partial charge is 0.420 e. The summed E-state index contributed by atoms with van der Waals surface area (Å²) in [6.45, 7) is 0.441. The molecule has 0 atom stereocenters. The molecule has 2 N–H and O–H groups in total. The van der Waals surface area contributed by atoms with Gasteiger partial charge in [-0.25, -0.2) is 4.79 Å². The number of fused-ring (bicyclic) bond motifs is 1. The van der Waals surface area contributed by atoms with Gasteiger partial charge in [0.25, 0.3) is 5.95 Å². The molecule has 2 aromatic heterocycles. The zero-order valence-corrected chi connectivity index (χ0v) is 18.4. The molecule has 1 aliphatic carbocycles. The van der Waals surface area contributed by atoms with Crippen LogP contribution in [0.4, 0.5) is 10.7 Å². The Hall–Kier alpha value is -2.37. The van der Waals surface area contributed by atoms with Crippen molar-refractivity contribution in [1.29, 1.82) is 0 Å². The van der Waals surface area contributed by atoms with Gasteiger partial charge in [0.2, 0.25) is 5.06 Å². The van der Waals surface area contributed by atoms with Gasteiger partial charge in [-0.1, -0.05) is 35.7 Å². The van der Waals surface area contributed by atoms with Crippen molar-refractivity contribution in [3.63, 3.8) is 0 Å². The number of rotatable bonds is 7. The molecule has 0 spiro atoms. The number of hydrogen-bond donors (Lipinski definition) is 2. The third kappa shape index (κ3) is 4.68. The van der Waals surface area contributed by atoms with Crippen LogP contribution in [0.25, 0.3) is 10.1 Å². The first-order chi connectivity index (χ1) is 14.7. The van der Waals surface area contributed by atoms with E-state index in [4.69, 9.17) is 14.2 Å². The Labute approximate surface area is 181 Å². The molecule has 0 unspecified atom stereocenters. The number of carbonyl (C=O) groups is 1. The first kappa shape index (κ1) is 20.9. The number of nitrogens with one attached hydrogen (secondary N) is 2. The zero-order valence-electron chi connectivity index (χ0n) is 16.8. The average molecular weight is 450 g/mol. The molecular formula is C19H23N5O4S2. The molecule has 160 valence electrons. The molecule has 3 aromatic rings. The Morgan fingerprint density at radius 3 is 2.83 bits per heavy atom. The Morgan fingerprint density at radius 1 is 1.30 bits per heavy atom. The standard InChI is InChI=1S/C19H23N5O4S2/c1-26-10-11-8-15-13(9-14(11)27-2)16(29-12-6-4-3-5-7-12)17(30-15)28-19(25)20-18-21-23-24-22-18/h8-9,12H,3-7,10H2,1-2H3,(H2,20,21,22,23,24,25). The van der Waals surface area contributed by atoms with Crippen molar-refractivity contribution in [3.05, 3.63) is 17.7 Å². The number of thioether (sulfide) groups is 1. The third-order valence-corrected chi connectivity index (χ3v) is 7.50. The highest BCUT2D eigenvalue weighted by Crippen LogP contribution is 2.49. The summed E-state index contributed by atoms with van der Waals surface area (Å²) in [6.07, 6.45) is 5.42. The van der Waals surface area contributed by atoms with E-state index < -0.39 is 6.09 Å². The lowest BCUT2D eigenvalue weighted by molar-refractivity contribution is 0.182. The number of aromatic nitrogens is 4. The molecule has 9 nitrogen and oxygen atoms in total. The molecule has 1 aromatic carbocycles. The van der Waals surface area contributed by atoms with Crippen LogP contribution in [0, 0.1) is 0 Å². The van der Waals surface area contributed by atoms with Crippen molar-refractivity contribution in [1.82, 2.24) is 20.6 Å². The largest absolute Gasteiger partial charge is 0.496 e. The highest BCUT2D eigenvalue weighted by Gasteiger charge is 2.24. The van der Waals surface area contributed by atoms with E-state index in [1.54, 1.807) is 26.0 Å². The van der Waals surface area contributed by atoms with Gasteiger partial charge in [0.1, 0.15) is 5.75 Å². The summed E-state index contributed by atoms with van der Waals surface area (Å²) in [5.41, 5.74) is 0.950. The topological polar surface area (TPSA) is 111 Å². The second-order valence-corrected chi connectivity index (χ2v) is 9.27. The third-order valence-electron chi connectivity index (χ3n) is 4.90. The summed E-state index contributed by atoms with van der Waals surface area (Å²) in [7, 11) is 3.30. The van der Waals surface area contributed by atoms with E-state index in [1.165, 1.54) is 30.6 Å². The molecule has 1 fully saturated rings.